The smallest absolute Gasteiger partial charge is 0.410 e. The molecular formula is C23H24N2O3. The van der Waals surface area contributed by atoms with E-state index in [1.807, 2.05) is 53.4 Å². The Kier molecular flexibility index (Phi) is 4.90. The molecule has 1 saturated heterocycles. The van der Waals surface area contributed by atoms with Crippen LogP contribution in [0.3, 0.4) is 0 Å². The summed E-state index contributed by atoms with van der Waals surface area (Å²) in [6, 6.07) is 17.8. The van der Waals surface area contributed by atoms with Crippen LogP contribution in [0.2, 0.25) is 0 Å². The third-order valence-electron chi connectivity index (χ3n) is 5.85. The van der Waals surface area contributed by atoms with Crippen LogP contribution in [0.4, 0.5) is 10.5 Å². The standard InChI is InChI=1S/C23H24N2O3/c1-2-21(26)25-17-23(19-10-6-7-11-20(19)25)12-14-24(15-13-23)22(27)28-16-18-8-4-3-5-9-18/h2-11H,1,12-17H2. The van der Waals surface area contributed by atoms with E-state index in [2.05, 4.69) is 12.6 Å². The number of hydrogen-bond acceptors (Lipinski definition) is 3. The molecule has 2 aromatic carbocycles. The number of piperidine rings is 1. The molecule has 5 heteroatoms. The summed E-state index contributed by atoms with van der Waals surface area (Å²) < 4.78 is 5.47. The zero-order valence-electron chi connectivity index (χ0n) is 15.8. The quantitative estimate of drug-likeness (QED) is 0.764. The van der Waals surface area contributed by atoms with E-state index in [1.54, 1.807) is 4.90 Å². The Morgan fingerprint density at radius 3 is 2.43 bits per heavy atom. The number of fused-ring (bicyclic) bond motifs is 2. The molecule has 0 bridgehead atoms. The van der Waals surface area contributed by atoms with E-state index in [0.29, 0.717) is 19.6 Å². The number of carbonyl (C=O) groups is 2. The lowest BCUT2D eigenvalue weighted by Gasteiger charge is -2.39. The molecule has 0 N–H and O–H groups in total. The monoisotopic (exact) mass is 376 g/mol. The third-order valence-corrected chi connectivity index (χ3v) is 5.85. The van der Waals surface area contributed by atoms with Gasteiger partial charge >= 0.3 is 6.09 Å². The van der Waals surface area contributed by atoms with Crippen LogP contribution in [0.25, 0.3) is 0 Å². The van der Waals surface area contributed by atoms with Crippen molar-refractivity contribution in [1.29, 1.82) is 0 Å². The molecule has 2 amide bonds. The lowest BCUT2D eigenvalue weighted by molar-refractivity contribution is -0.114. The number of carbonyl (C=O) groups excluding carboxylic acids is 2. The fraction of sp³-hybridized carbons (Fsp3) is 0.304. The Morgan fingerprint density at radius 2 is 1.71 bits per heavy atom. The first-order valence-electron chi connectivity index (χ1n) is 9.62. The van der Waals surface area contributed by atoms with E-state index in [4.69, 9.17) is 4.74 Å². The lowest BCUT2D eigenvalue weighted by atomic mass is 9.74. The Balaban J connectivity index is 1.43. The van der Waals surface area contributed by atoms with Crippen molar-refractivity contribution in [3.63, 3.8) is 0 Å². The highest BCUT2D eigenvalue weighted by Crippen LogP contribution is 2.47. The van der Waals surface area contributed by atoms with E-state index >= 15 is 0 Å². The minimum Gasteiger partial charge on any atom is -0.445 e. The molecule has 0 aliphatic carbocycles. The molecule has 1 fully saturated rings. The molecule has 2 aromatic rings. The predicted octanol–water partition coefficient (Wildman–Crippen LogP) is 3.89. The van der Waals surface area contributed by atoms with Crippen molar-refractivity contribution in [3.8, 4) is 0 Å². The van der Waals surface area contributed by atoms with Gasteiger partial charge in [-0.25, -0.2) is 4.79 Å². The number of ether oxygens (including phenoxy) is 1. The maximum Gasteiger partial charge on any atom is 0.410 e. The molecule has 144 valence electrons. The van der Waals surface area contributed by atoms with Gasteiger partial charge in [-0.15, -0.1) is 0 Å². The number of amides is 2. The van der Waals surface area contributed by atoms with E-state index in [-0.39, 0.29) is 24.0 Å². The van der Waals surface area contributed by atoms with Crippen LogP contribution in [-0.2, 0) is 21.6 Å². The molecule has 0 radical (unpaired) electrons. The van der Waals surface area contributed by atoms with Gasteiger partial charge in [0.05, 0.1) is 0 Å². The van der Waals surface area contributed by atoms with Crippen LogP contribution in [0.15, 0.2) is 67.3 Å². The van der Waals surface area contributed by atoms with Crippen LogP contribution in [-0.4, -0.2) is 36.5 Å². The molecule has 28 heavy (non-hydrogen) atoms. The van der Waals surface area contributed by atoms with Crippen LogP contribution >= 0.6 is 0 Å². The molecule has 2 heterocycles. The molecule has 5 nitrogen and oxygen atoms in total. The predicted molar refractivity (Wildman–Crippen MR) is 108 cm³/mol. The first kappa shape index (κ1) is 18.3. The summed E-state index contributed by atoms with van der Waals surface area (Å²) >= 11 is 0. The number of para-hydroxylation sites is 1. The van der Waals surface area contributed by atoms with Crippen molar-refractivity contribution in [1.82, 2.24) is 4.90 Å². The molecule has 1 spiro atoms. The molecule has 0 aromatic heterocycles. The fourth-order valence-electron chi connectivity index (χ4n) is 4.29. The zero-order valence-corrected chi connectivity index (χ0v) is 15.8. The minimum atomic E-state index is -0.274. The number of likely N-dealkylation sites (tertiary alicyclic amines) is 1. The molecule has 0 saturated carbocycles. The van der Waals surface area contributed by atoms with Crippen molar-refractivity contribution in [2.75, 3.05) is 24.5 Å². The highest BCUT2D eigenvalue weighted by molar-refractivity contribution is 6.03. The van der Waals surface area contributed by atoms with E-state index in [0.717, 1.165) is 24.1 Å². The summed E-state index contributed by atoms with van der Waals surface area (Å²) in [7, 11) is 0. The van der Waals surface area contributed by atoms with Crippen molar-refractivity contribution in [2.24, 2.45) is 0 Å². The zero-order chi connectivity index (χ0) is 19.6. The van der Waals surface area contributed by atoms with Crippen molar-refractivity contribution >= 4 is 17.7 Å². The maximum absolute atomic E-state index is 12.5. The van der Waals surface area contributed by atoms with Crippen LogP contribution in [0, 0.1) is 0 Å². The highest BCUT2D eigenvalue weighted by atomic mass is 16.6. The van der Waals surface area contributed by atoms with Gasteiger partial charge in [-0.2, -0.15) is 0 Å². The summed E-state index contributed by atoms with van der Waals surface area (Å²) in [5, 5.41) is 0. The average Bonchev–Trinajstić information content (AvgIpc) is 3.07. The van der Waals surface area contributed by atoms with Crippen molar-refractivity contribution in [2.45, 2.75) is 24.9 Å². The Hall–Kier alpha value is -3.08. The summed E-state index contributed by atoms with van der Waals surface area (Å²) in [6.45, 7) is 5.80. The van der Waals surface area contributed by atoms with Crippen molar-refractivity contribution < 1.29 is 14.3 Å². The lowest BCUT2D eigenvalue weighted by Crippen LogP contribution is -2.47. The van der Waals surface area contributed by atoms with Gasteiger partial charge in [-0.3, -0.25) is 4.79 Å². The number of hydrogen-bond donors (Lipinski definition) is 0. The largest absolute Gasteiger partial charge is 0.445 e. The third kappa shape index (κ3) is 3.28. The van der Waals surface area contributed by atoms with Crippen LogP contribution in [0.5, 0.6) is 0 Å². The molecule has 0 atom stereocenters. The molecule has 4 rings (SSSR count). The summed E-state index contributed by atoms with van der Waals surface area (Å²) in [4.78, 5) is 28.4. The topological polar surface area (TPSA) is 49.9 Å². The Bertz CT molecular complexity index is 886. The van der Waals surface area contributed by atoms with Gasteiger partial charge in [-0.05, 0) is 36.1 Å². The summed E-state index contributed by atoms with van der Waals surface area (Å²) in [5.74, 6) is -0.0750. The number of nitrogens with zero attached hydrogens (tertiary/aromatic N) is 2. The first-order chi connectivity index (χ1) is 13.6. The molecular weight excluding hydrogens is 352 g/mol. The normalized spacial score (nSPS) is 17.3. The number of benzene rings is 2. The van der Waals surface area contributed by atoms with Gasteiger partial charge in [0, 0.05) is 30.7 Å². The average molecular weight is 376 g/mol. The second kappa shape index (κ2) is 7.50. The van der Waals surface area contributed by atoms with E-state index in [1.165, 1.54) is 11.6 Å². The van der Waals surface area contributed by atoms with Gasteiger partial charge < -0.3 is 14.5 Å². The van der Waals surface area contributed by atoms with Gasteiger partial charge in [0.15, 0.2) is 0 Å². The number of anilines is 1. The maximum atomic E-state index is 12.5. The van der Waals surface area contributed by atoms with Crippen molar-refractivity contribution in [3.05, 3.63) is 78.4 Å². The van der Waals surface area contributed by atoms with E-state index < -0.39 is 0 Å². The van der Waals surface area contributed by atoms with Gasteiger partial charge in [0.2, 0.25) is 5.91 Å². The second-order valence-electron chi connectivity index (χ2n) is 7.45. The minimum absolute atomic E-state index is 0.0750. The fourth-order valence-corrected chi connectivity index (χ4v) is 4.29. The highest BCUT2D eigenvalue weighted by Gasteiger charge is 2.46. The van der Waals surface area contributed by atoms with Gasteiger partial charge in [0.25, 0.3) is 0 Å². The Labute approximate surface area is 165 Å². The molecule has 0 unspecified atom stereocenters. The Morgan fingerprint density at radius 1 is 1.04 bits per heavy atom. The SMILES string of the molecule is C=CC(=O)N1CC2(CCN(C(=O)OCc3ccccc3)CC2)c2ccccc21. The number of rotatable bonds is 3. The second-order valence-corrected chi connectivity index (χ2v) is 7.45. The van der Waals surface area contributed by atoms with E-state index in [9.17, 15) is 9.59 Å². The summed E-state index contributed by atoms with van der Waals surface area (Å²) in [5.41, 5.74) is 3.04. The van der Waals surface area contributed by atoms with Crippen LogP contribution in [0.1, 0.15) is 24.0 Å². The molecule has 2 aliphatic heterocycles. The van der Waals surface area contributed by atoms with Crippen LogP contribution < -0.4 is 4.90 Å². The van der Waals surface area contributed by atoms with Gasteiger partial charge in [-0.1, -0.05) is 55.1 Å². The van der Waals surface area contributed by atoms with Gasteiger partial charge in [0.1, 0.15) is 6.61 Å². The summed E-state index contributed by atoms with van der Waals surface area (Å²) in [6.07, 6.45) is 2.71. The molecule has 2 aliphatic rings. The first-order valence-corrected chi connectivity index (χ1v) is 9.62.